The molecule has 9 heteroatoms. The molecule has 0 bridgehead atoms. The average molecular weight is 343 g/mol. The molecule has 0 spiro atoms. The minimum absolute atomic E-state index is 0.120. The Morgan fingerprint density at radius 1 is 1.28 bits per heavy atom. The number of carbonyl (C=O) groups excluding carboxylic acids is 1. The highest BCUT2D eigenvalue weighted by Gasteiger charge is 2.16. The Balaban J connectivity index is 1.69. The van der Waals surface area contributed by atoms with Gasteiger partial charge >= 0.3 is 5.69 Å². The van der Waals surface area contributed by atoms with Crippen LogP contribution in [0, 0.1) is 10.1 Å². The van der Waals surface area contributed by atoms with E-state index in [-0.39, 0.29) is 18.2 Å². The molecule has 0 unspecified atom stereocenters. The number of nitro groups is 1. The summed E-state index contributed by atoms with van der Waals surface area (Å²) in [7, 11) is 1.35. The largest absolute Gasteiger partial charge is 0.490 e. The number of ether oxygens (including phenoxy) is 3. The van der Waals surface area contributed by atoms with E-state index in [1.807, 2.05) is 0 Å². The van der Waals surface area contributed by atoms with Gasteiger partial charge in [0.05, 0.1) is 18.2 Å². The van der Waals surface area contributed by atoms with Crippen molar-refractivity contribution in [1.82, 2.24) is 5.43 Å². The van der Waals surface area contributed by atoms with Crippen molar-refractivity contribution in [2.45, 2.75) is 0 Å². The number of hydrogen-bond acceptors (Lipinski definition) is 7. The number of nitro benzene ring substituents is 1. The summed E-state index contributed by atoms with van der Waals surface area (Å²) in [4.78, 5) is 22.5. The van der Waals surface area contributed by atoms with Gasteiger partial charge in [-0.15, -0.1) is 0 Å². The third-order valence-corrected chi connectivity index (χ3v) is 3.41. The second kappa shape index (κ2) is 6.87. The first kappa shape index (κ1) is 16.2. The van der Waals surface area contributed by atoms with Crippen LogP contribution in [-0.2, 0) is 0 Å². The molecule has 1 aliphatic heterocycles. The maximum Gasteiger partial charge on any atom is 0.311 e. The molecule has 1 amide bonds. The first-order valence-corrected chi connectivity index (χ1v) is 7.14. The molecule has 2 aromatic rings. The first-order valence-electron chi connectivity index (χ1n) is 7.14. The Labute approximate surface area is 142 Å². The van der Waals surface area contributed by atoms with Crippen LogP contribution in [0.25, 0.3) is 0 Å². The van der Waals surface area contributed by atoms with Gasteiger partial charge in [-0.1, -0.05) is 0 Å². The van der Waals surface area contributed by atoms with Gasteiger partial charge < -0.3 is 14.2 Å². The summed E-state index contributed by atoms with van der Waals surface area (Å²) in [5.41, 5.74) is 2.95. The Kier molecular flexibility index (Phi) is 4.46. The van der Waals surface area contributed by atoms with Gasteiger partial charge in [0.2, 0.25) is 6.79 Å². The number of hydrogen-bond donors (Lipinski definition) is 1. The van der Waals surface area contributed by atoms with Crippen molar-refractivity contribution in [3.63, 3.8) is 0 Å². The molecular weight excluding hydrogens is 330 g/mol. The predicted molar refractivity (Wildman–Crippen MR) is 87.3 cm³/mol. The van der Waals surface area contributed by atoms with Crippen LogP contribution in [0.15, 0.2) is 41.5 Å². The van der Waals surface area contributed by atoms with Gasteiger partial charge in [-0.05, 0) is 30.3 Å². The molecule has 0 fully saturated rings. The van der Waals surface area contributed by atoms with Gasteiger partial charge in [0, 0.05) is 17.2 Å². The Morgan fingerprint density at radius 2 is 2.08 bits per heavy atom. The van der Waals surface area contributed by atoms with Gasteiger partial charge in [-0.25, -0.2) is 5.43 Å². The normalized spacial score (nSPS) is 12.2. The topological polar surface area (TPSA) is 112 Å². The van der Waals surface area contributed by atoms with Crippen molar-refractivity contribution in [1.29, 1.82) is 0 Å². The van der Waals surface area contributed by atoms with Gasteiger partial charge in [-0.3, -0.25) is 14.9 Å². The smallest absolute Gasteiger partial charge is 0.311 e. The minimum Gasteiger partial charge on any atom is -0.490 e. The van der Waals surface area contributed by atoms with Gasteiger partial charge in [-0.2, -0.15) is 5.10 Å². The van der Waals surface area contributed by atoms with Crippen LogP contribution in [0.4, 0.5) is 5.69 Å². The van der Waals surface area contributed by atoms with Crippen molar-refractivity contribution in [3.05, 3.63) is 57.6 Å². The quantitative estimate of drug-likeness (QED) is 0.505. The lowest BCUT2D eigenvalue weighted by Crippen LogP contribution is -2.17. The number of carbonyl (C=O) groups is 1. The van der Waals surface area contributed by atoms with E-state index in [0.717, 1.165) is 0 Å². The molecule has 25 heavy (non-hydrogen) atoms. The summed E-state index contributed by atoms with van der Waals surface area (Å²) >= 11 is 0. The number of nitrogens with one attached hydrogen (secondary N) is 1. The predicted octanol–water partition coefficient (Wildman–Crippen LogP) is 2.10. The maximum atomic E-state index is 12.1. The van der Waals surface area contributed by atoms with Crippen LogP contribution in [0.2, 0.25) is 0 Å². The van der Waals surface area contributed by atoms with E-state index in [9.17, 15) is 14.9 Å². The van der Waals surface area contributed by atoms with E-state index >= 15 is 0 Å². The van der Waals surface area contributed by atoms with Crippen LogP contribution in [0.3, 0.4) is 0 Å². The highest BCUT2D eigenvalue weighted by molar-refractivity contribution is 5.95. The molecular formula is C16H13N3O6. The van der Waals surface area contributed by atoms with Gasteiger partial charge in [0.15, 0.2) is 17.2 Å². The Hall–Kier alpha value is -3.62. The molecule has 0 saturated carbocycles. The Morgan fingerprint density at radius 3 is 2.84 bits per heavy atom. The maximum absolute atomic E-state index is 12.1. The van der Waals surface area contributed by atoms with Crippen molar-refractivity contribution >= 4 is 17.8 Å². The van der Waals surface area contributed by atoms with E-state index < -0.39 is 10.8 Å². The number of hydrazone groups is 1. The third-order valence-electron chi connectivity index (χ3n) is 3.41. The number of nitrogens with zero attached hydrogens (tertiary/aromatic N) is 2. The number of benzene rings is 2. The summed E-state index contributed by atoms with van der Waals surface area (Å²) in [6, 6.07) is 9.10. The average Bonchev–Trinajstić information content (AvgIpc) is 3.09. The molecule has 0 saturated heterocycles. The molecule has 0 radical (unpaired) electrons. The zero-order chi connectivity index (χ0) is 17.8. The van der Waals surface area contributed by atoms with Crippen molar-refractivity contribution < 1.29 is 23.9 Å². The minimum atomic E-state index is -0.554. The highest BCUT2D eigenvalue weighted by Crippen LogP contribution is 2.32. The molecule has 1 heterocycles. The third kappa shape index (κ3) is 3.50. The summed E-state index contributed by atoms with van der Waals surface area (Å²) in [6.45, 7) is 0.120. The second-order valence-corrected chi connectivity index (χ2v) is 4.96. The lowest BCUT2D eigenvalue weighted by Gasteiger charge is -2.03. The van der Waals surface area contributed by atoms with Gasteiger partial charge in [0.1, 0.15) is 0 Å². The van der Waals surface area contributed by atoms with Gasteiger partial charge in [0.25, 0.3) is 5.91 Å². The van der Waals surface area contributed by atoms with Crippen LogP contribution in [0.5, 0.6) is 17.2 Å². The van der Waals surface area contributed by atoms with Crippen LogP contribution in [0.1, 0.15) is 15.9 Å². The molecule has 1 aliphatic rings. The van der Waals surface area contributed by atoms with Crippen molar-refractivity contribution in [2.24, 2.45) is 5.10 Å². The molecule has 2 aromatic carbocycles. The van der Waals surface area contributed by atoms with E-state index in [0.29, 0.717) is 22.6 Å². The zero-order valence-electron chi connectivity index (χ0n) is 13.1. The fourth-order valence-electron chi connectivity index (χ4n) is 2.20. The van der Waals surface area contributed by atoms with E-state index in [1.54, 1.807) is 24.3 Å². The van der Waals surface area contributed by atoms with Crippen LogP contribution < -0.4 is 19.6 Å². The lowest BCUT2D eigenvalue weighted by molar-refractivity contribution is -0.385. The van der Waals surface area contributed by atoms with E-state index in [4.69, 9.17) is 14.2 Å². The highest BCUT2D eigenvalue weighted by atomic mass is 16.7. The Bertz CT molecular complexity index is 865. The monoisotopic (exact) mass is 343 g/mol. The molecule has 9 nitrogen and oxygen atoms in total. The molecule has 128 valence electrons. The second-order valence-electron chi connectivity index (χ2n) is 4.96. The molecule has 3 rings (SSSR count). The fraction of sp³-hybridized carbons (Fsp3) is 0.125. The van der Waals surface area contributed by atoms with E-state index in [1.165, 1.54) is 25.5 Å². The number of methoxy groups -OCH3 is 1. The fourth-order valence-corrected chi connectivity index (χ4v) is 2.20. The number of fused-ring (bicyclic) bond motifs is 1. The summed E-state index contributed by atoms with van der Waals surface area (Å²) in [5, 5.41) is 14.8. The summed E-state index contributed by atoms with van der Waals surface area (Å²) in [5.74, 6) is 0.761. The van der Waals surface area contributed by atoms with Crippen LogP contribution >= 0.6 is 0 Å². The summed E-state index contributed by atoms with van der Waals surface area (Å²) in [6.07, 6.45) is 1.30. The first-order chi connectivity index (χ1) is 12.1. The SMILES string of the molecule is COc1ccc(/C=N/NC(=O)c2ccc3c(c2)OCO3)cc1[N+](=O)[O-]. The zero-order valence-corrected chi connectivity index (χ0v) is 13.1. The molecule has 0 atom stereocenters. The number of amides is 1. The summed E-state index contributed by atoms with van der Waals surface area (Å²) < 4.78 is 15.3. The lowest BCUT2D eigenvalue weighted by atomic mass is 10.2. The molecule has 1 N–H and O–H groups in total. The molecule has 0 aliphatic carbocycles. The standard InChI is InChI=1S/C16H13N3O6/c1-23-13-4-2-10(6-12(13)19(21)22)8-17-18-16(20)11-3-5-14-15(7-11)25-9-24-14/h2-8H,9H2,1H3,(H,18,20)/b17-8+. The van der Waals surface area contributed by atoms with Crippen molar-refractivity contribution in [2.75, 3.05) is 13.9 Å². The molecule has 0 aromatic heterocycles. The number of rotatable bonds is 5. The van der Waals surface area contributed by atoms with Crippen molar-refractivity contribution in [3.8, 4) is 17.2 Å². The van der Waals surface area contributed by atoms with E-state index in [2.05, 4.69) is 10.5 Å². The van der Waals surface area contributed by atoms with Crippen LogP contribution in [-0.4, -0.2) is 30.9 Å².